The Morgan fingerprint density at radius 1 is 1.37 bits per heavy atom. The fourth-order valence-electron chi connectivity index (χ4n) is 2.13. The number of amides is 1. The van der Waals surface area contributed by atoms with E-state index in [0.29, 0.717) is 18.5 Å². The van der Waals surface area contributed by atoms with Crippen LogP contribution in [0.4, 0.5) is 8.78 Å². The normalized spacial score (nSPS) is 19.0. The largest absolute Gasteiger partial charge is 0.337 e. The lowest BCUT2D eigenvalue weighted by Crippen LogP contribution is -2.25. The first kappa shape index (κ1) is 14.0. The quantitative estimate of drug-likeness (QED) is 0.855. The van der Waals surface area contributed by atoms with E-state index in [4.69, 9.17) is 0 Å². The molecule has 0 N–H and O–H groups in total. The zero-order valence-corrected chi connectivity index (χ0v) is 11.2. The average molecular weight is 285 g/mol. The molecule has 102 valence electrons. The van der Waals surface area contributed by atoms with Gasteiger partial charge in [0.1, 0.15) is 11.6 Å². The standard InChI is InChI=1S/C13H13F2NO2S/c1-8(17)19-12-5-13(18)16(7-12)6-9-2-10(14)4-11(15)3-9/h2-4,12H,5-7H2,1H3. The third kappa shape index (κ3) is 3.76. The number of carbonyl (C=O) groups is 2. The molecule has 19 heavy (non-hydrogen) atoms. The number of hydrogen-bond donors (Lipinski definition) is 0. The minimum Gasteiger partial charge on any atom is -0.337 e. The van der Waals surface area contributed by atoms with Crippen LogP contribution in [0, 0.1) is 11.6 Å². The van der Waals surface area contributed by atoms with E-state index >= 15 is 0 Å². The molecule has 1 fully saturated rings. The highest BCUT2D eigenvalue weighted by Gasteiger charge is 2.30. The molecule has 1 atom stereocenters. The van der Waals surface area contributed by atoms with E-state index in [0.717, 1.165) is 17.8 Å². The number of carbonyl (C=O) groups excluding carboxylic acids is 2. The first-order valence-electron chi connectivity index (χ1n) is 5.84. The zero-order chi connectivity index (χ0) is 14.0. The van der Waals surface area contributed by atoms with Gasteiger partial charge in [0, 0.05) is 37.8 Å². The van der Waals surface area contributed by atoms with Crippen molar-refractivity contribution in [2.24, 2.45) is 0 Å². The van der Waals surface area contributed by atoms with Gasteiger partial charge in [0.05, 0.1) is 0 Å². The number of rotatable bonds is 3. The van der Waals surface area contributed by atoms with E-state index in [-0.39, 0.29) is 22.8 Å². The zero-order valence-electron chi connectivity index (χ0n) is 10.4. The van der Waals surface area contributed by atoms with Crippen molar-refractivity contribution in [2.75, 3.05) is 6.54 Å². The highest BCUT2D eigenvalue weighted by molar-refractivity contribution is 8.14. The molecule has 0 saturated carbocycles. The molecule has 0 bridgehead atoms. The summed E-state index contributed by atoms with van der Waals surface area (Å²) in [4.78, 5) is 24.3. The van der Waals surface area contributed by atoms with Gasteiger partial charge in [-0.25, -0.2) is 8.78 Å². The van der Waals surface area contributed by atoms with Crippen LogP contribution < -0.4 is 0 Å². The highest BCUT2D eigenvalue weighted by Crippen LogP contribution is 2.25. The Morgan fingerprint density at radius 3 is 2.58 bits per heavy atom. The van der Waals surface area contributed by atoms with Crippen molar-refractivity contribution in [3.8, 4) is 0 Å². The molecule has 1 aliphatic rings. The number of hydrogen-bond acceptors (Lipinski definition) is 3. The molecule has 0 aromatic heterocycles. The van der Waals surface area contributed by atoms with Crippen LogP contribution in [0.25, 0.3) is 0 Å². The summed E-state index contributed by atoms with van der Waals surface area (Å²) in [5.41, 5.74) is 0.416. The topological polar surface area (TPSA) is 37.4 Å². The summed E-state index contributed by atoms with van der Waals surface area (Å²) in [5.74, 6) is -1.41. The van der Waals surface area contributed by atoms with Crippen LogP contribution in [0.3, 0.4) is 0 Å². The predicted molar refractivity (Wildman–Crippen MR) is 68.5 cm³/mol. The molecule has 0 aliphatic carbocycles. The number of halogens is 2. The monoisotopic (exact) mass is 285 g/mol. The van der Waals surface area contributed by atoms with Crippen LogP contribution in [-0.2, 0) is 16.1 Å². The van der Waals surface area contributed by atoms with Crippen LogP contribution >= 0.6 is 11.8 Å². The molecule has 1 amide bonds. The molecular weight excluding hydrogens is 272 g/mol. The minimum atomic E-state index is -0.656. The van der Waals surface area contributed by atoms with Crippen LogP contribution in [0.2, 0.25) is 0 Å². The van der Waals surface area contributed by atoms with Gasteiger partial charge in [-0.05, 0) is 17.7 Å². The minimum absolute atomic E-state index is 0.0311. The number of thioether (sulfide) groups is 1. The van der Waals surface area contributed by atoms with Crippen molar-refractivity contribution in [2.45, 2.75) is 25.1 Å². The second-order valence-corrected chi connectivity index (χ2v) is 5.96. The molecule has 0 radical (unpaired) electrons. The summed E-state index contributed by atoms with van der Waals surface area (Å²) in [7, 11) is 0. The molecule has 1 aromatic rings. The number of benzene rings is 1. The average Bonchev–Trinajstić information content (AvgIpc) is 2.56. The summed E-state index contributed by atoms with van der Waals surface area (Å²) in [6.45, 7) is 2.06. The second-order valence-electron chi connectivity index (χ2n) is 4.49. The number of likely N-dealkylation sites (tertiary alicyclic amines) is 1. The van der Waals surface area contributed by atoms with E-state index in [1.165, 1.54) is 24.0 Å². The molecule has 3 nitrogen and oxygen atoms in total. The van der Waals surface area contributed by atoms with Crippen LogP contribution in [0.15, 0.2) is 18.2 Å². The van der Waals surface area contributed by atoms with Crippen LogP contribution in [0.5, 0.6) is 0 Å². The molecule has 1 unspecified atom stereocenters. The van der Waals surface area contributed by atoms with Gasteiger partial charge in [0.15, 0.2) is 5.12 Å². The third-order valence-corrected chi connectivity index (χ3v) is 3.79. The van der Waals surface area contributed by atoms with Gasteiger partial charge >= 0.3 is 0 Å². The van der Waals surface area contributed by atoms with Gasteiger partial charge in [-0.2, -0.15) is 0 Å². The van der Waals surface area contributed by atoms with Gasteiger partial charge in [0.25, 0.3) is 0 Å². The van der Waals surface area contributed by atoms with E-state index in [1.807, 2.05) is 0 Å². The van der Waals surface area contributed by atoms with Crippen molar-refractivity contribution in [1.82, 2.24) is 4.90 Å². The number of nitrogens with zero attached hydrogens (tertiary/aromatic N) is 1. The Morgan fingerprint density at radius 2 is 2.00 bits per heavy atom. The van der Waals surface area contributed by atoms with Crippen LogP contribution in [-0.4, -0.2) is 27.7 Å². The Hall–Kier alpha value is -1.43. The predicted octanol–water partition coefficient (Wildman–Crippen LogP) is 2.35. The molecular formula is C13H13F2NO2S. The van der Waals surface area contributed by atoms with Crippen molar-refractivity contribution < 1.29 is 18.4 Å². The van der Waals surface area contributed by atoms with Crippen molar-refractivity contribution in [3.05, 3.63) is 35.4 Å². The van der Waals surface area contributed by atoms with Gasteiger partial charge in [-0.1, -0.05) is 11.8 Å². The van der Waals surface area contributed by atoms with Gasteiger partial charge in [-0.15, -0.1) is 0 Å². The van der Waals surface area contributed by atoms with Gasteiger partial charge in [-0.3, -0.25) is 9.59 Å². The maximum absolute atomic E-state index is 13.1. The molecule has 6 heteroatoms. The molecule has 1 aliphatic heterocycles. The summed E-state index contributed by atoms with van der Waals surface area (Å²) in [6, 6.07) is 3.22. The summed E-state index contributed by atoms with van der Waals surface area (Å²) >= 11 is 1.14. The molecule has 1 aromatic carbocycles. The van der Waals surface area contributed by atoms with Gasteiger partial charge < -0.3 is 4.90 Å². The lowest BCUT2D eigenvalue weighted by Gasteiger charge is -2.16. The van der Waals surface area contributed by atoms with Crippen molar-refractivity contribution >= 4 is 22.8 Å². The lowest BCUT2D eigenvalue weighted by atomic mass is 10.2. The fourth-order valence-corrected chi connectivity index (χ4v) is 3.07. The summed E-state index contributed by atoms with van der Waals surface area (Å²) in [6.07, 6.45) is 0.294. The van der Waals surface area contributed by atoms with Crippen molar-refractivity contribution in [1.29, 1.82) is 0 Å². The smallest absolute Gasteiger partial charge is 0.224 e. The molecule has 1 heterocycles. The molecule has 1 saturated heterocycles. The lowest BCUT2D eigenvalue weighted by molar-refractivity contribution is -0.128. The molecule has 2 rings (SSSR count). The maximum Gasteiger partial charge on any atom is 0.224 e. The first-order chi connectivity index (χ1) is 8.94. The maximum atomic E-state index is 13.1. The third-order valence-electron chi connectivity index (χ3n) is 2.81. The van der Waals surface area contributed by atoms with E-state index < -0.39 is 11.6 Å². The summed E-state index contributed by atoms with van der Waals surface area (Å²) < 4.78 is 26.1. The Bertz CT molecular complexity index is 501. The Kier molecular flexibility index (Phi) is 4.19. The Balaban J connectivity index is 2.03. The molecule has 0 spiro atoms. The summed E-state index contributed by atoms with van der Waals surface area (Å²) in [5, 5.41) is -0.0974. The fraction of sp³-hybridized carbons (Fsp3) is 0.385. The SMILES string of the molecule is CC(=O)SC1CC(=O)N(Cc2cc(F)cc(F)c2)C1. The first-order valence-corrected chi connectivity index (χ1v) is 6.72. The Labute approximate surface area is 114 Å². The van der Waals surface area contributed by atoms with Gasteiger partial charge in [0.2, 0.25) is 5.91 Å². The van der Waals surface area contributed by atoms with Crippen LogP contribution in [0.1, 0.15) is 18.9 Å². The van der Waals surface area contributed by atoms with E-state index in [1.54, 1.807) is 0 Å². The second kappa shape index (κ2) is 5.69. The van der Waals surface area contributed by atoms with E-state index in [2.05, 4.69) is 0 Å². The van der Waals surface area contributed by atoms with E-state index in [9.17, 15) is 18.4 Å². The van der Waals surface area contributed by atoms with Crippen molar-refractivity contribution in [3.63, 3.8) is 0 Å². The highest BCUT2D eigenvalue weighted by atomic mass is 32.2.